The fourth-order valence-electron chi connectivity index (χ4n) is 0.913. The van der Waals surface area contributed by atoms with Gasteiger partial charge in [0.25, 0.3) is 6.43 Å². The lowest BCUT2D eigenvalue weighted by atomic mass is 9.95. The first-order valence-electron chi connectivity index (χ1n) is 4.19. The Kier molecular flexibility index (Phi) is 4.92. The van der Waals surface area contributed by atoms with Gasteiger partial charge in [0.1, 0.15) is 0 Å². The second-order valence-corrected chi connectivity index (χ2v) is 3.09. The molecule has 7 N–H and O–H groups in total. The minimum Gasteiger partial charge on any atom is -0.480 e. The number of carboxylic acids is 1. The number of halogens is 2. The SMILES string of the molecule is N=C(N)NCCC[C@](N)(C(=O)O)C(F)F. The van der Waals surface area contributed by atoms with E-state index in [1.807, 2.05) is 0 Å². The average molecular weight is 224 g/mol. The topological polar surface area (TPSA) is 125 Å². The summed E-state index contributed by atoms with van der Waals surface area (Å²) in [5, 5.41) is 17.7. The van der Waals surface area contributed by atoms with E-state index in [0.717, 1.165) is 0 Å². The second-order valence-electron chi connectivity index (χ2n) is 3.09. The fraction of sp³-hybridized carbons (Fsp3) is 0.714. The van der Waals surface area contributed by atoms with Gasteiger partial charge < -0.3 is 21.9 Å². The molecule has 0 aromatic heterocycles. The van der Waals surface area contributed by atoms with Crippen LogP contribution >= 0.6 is 0 Å². The Balaban J connectivity index is 4.09. The first-order valence-corrected chi connectivity index (χ1v) is 4.19. The van der Waals surface area contributed by atoms with Crippen LogP contribution in [-0.2, 0) is 4.79 Å². The number of hydrogen-bond donors (Lipinski definition) is 5. The molecule has 0 bridgehead atoms. The van der Waals surface area contributed by atoms with Crippen LogP contribution in [0.25, 0.3) is 0 Å². The first kappa shape index (κ1) is 13.6. The van der Waals surface area contributed by atoms with E-state index in [4.69, 9.17) is 22.0 Å². The van der Waals surface area contributed by atoms with Crippen molar-refractivity contribution in [2.45, 2.75) is 24.8 Å². The van der Waals surface area contributed by atoms with E-state index in [1.165, 1.54) is 0 Å². The zero-order valence-corrected chi connectivity index (χ0v) is 7.96. The Bertz CT molecular complexity index is 249. The third kappa shape index (κ3) is 4.07. The molecule has 0 aliphatic rings. The van der Waals surface area contributed by atoms with Crippen molar-refractivity contribution in [1.29, 1.82) is 5.41 Å². The fourth-order valence-corrected chi connectivity index (χ4v) is 0.913. The van der Waals surface area contributed by atoms with Gasteiger partial charge in [0.2, 0.25) is 0 Å². The summed E-state index contributed by atoms with van der Waals surface area (Å²) in [5.41, 5.74) is 7.45. The van der Waals surface area contributed by atoms with Crippen LogP contribution in [0.2, 0.25) is 0 Å². The molecule has 0 aromatic rings. The summed E-state index contributed by atoms with van der Waals surface area (Å²) in [6.07, 6.45) is -3.43. The molecule has 0 amide bonds. The standard InChI is InChI=1S/C7H14F2N4O2/c8-4(9)7(12,5(14)15)2-1-3-13-6(10)11/h4H,1-3,12H2,(H,14,15)(H4,10,11,13)/t7-/m1/s1. The van der Waals surface area contributed by atoms with Gasteiger partial charge >= 0.3 is 5.97 Å². The number of alkyl halides is 2. The molecule has 0 saturated heterocycles. The number of guanidine groups is 1. The number of aliphatic carboxylic acids is 1. The Hall–Kier alpha value is -1.44. The van der Waals surface area contributed by atoms with E-state index >= 15 is 0 Å². The van der Waals surface area contributed by atoms with Crippen LogP contribution in [0.4, 0.5) is 8.78 Å². The second kappa shape index (κ2) is 5.44. The Morgan fingerprint density at radius 3 is 2.47 bits per heavy atom. The van der Waals surface area contributed by atoms with Crippen molar-refractivity contribution < 1.29 is 18.7 Å². The van der Waals surface area contributed by atoms with E-state index < -0.39 is 17.9 Å². The molecule has 0 spiro atoms. The Labute approximate surface area is 85.1 Å². The van der Waals surface area contributed by atoms with E-state index in [0.29, 0.717) is 0 Å². The van der Waals surface area contributed by atoms with Crippen LogP contribution in [0.3, 0.4) is 0 Å². The van der Waals surface area contributed by atoms with Crippen molar-refractivity contribution in [3.63, 3.8) is 0 Å². The minimum absolute atomic E-state index is 0.0900. The predicted molar refractivity (Wildman–Crippen MR) is 49.7 cm³/mol. The average Bonchev–Trinajstić information content (AvgIpc) is 2.10. The Morgan fingerprint density at radius 2 is 2.13 bits per heavy atom. The van der Waals surface area contributed by atoms with Crippen LogP contribution in [-0.4, -0.2) is 35.5 Å². The van der Waals surface area contributed by atoms with Crippen LogP contribution in [0, 0.1) is 5.41 Å². The molecule has 0 saturated carbocycles. The van der Waals surface area contributed by atoms with Crippen LogP contribution in [0.15, 0.2) is 0 Å². The molecule has 0 fully saturated rings. The predicted octanol–water partition coefficient (Wildman–Crippen LogP) is -0.703. The van der Waals surface area contributed by atoms with E-state index in [2.05, 4.69) is 5.32 Å². The van der Waals surface area contributed by atoms with Gasteiger partial charge in [-0.2, -0.15) is 0 Å². The van der Waals surface area contributed by atoms with Crippen molar-refractivity contribution >= 4 is 11.9 Å². The monoisotopic (exact) mass is 224 g/mol. The molecule has 0 aliphatic heterocycles. The summed E-state index contributed by atoms with van der Waals surface area (Å²) < 4.78 is 24.7. The van der Waals surface area contributed by atoms with Crippen LogP contribution in [0.1, 0.15) is 12.8 Å². The third-order valence-corrected chi connectivity index (χ3v) is 1.87. The van der Waals surface area contributed by atoms with Gasteiger partial charge in [-0.15, -0.1) is 0 Å². The number of carbonyl (C=O) groups is 1. The lowest BCUT2D eigenvalue weighted by molar-refractivity contribution is -0.150. The van der Waals surface area contributed by atoms with Gasteiger partial charge in [-0.25, -0.2) is 13.6 Å². The molecule has 1 atom stereocenters. The lowest BCUT2D eigenvalue weighted by Gasteiger charge is -2.23. The molecule has 0 heterocycles. The highest BCUT2D eigenvalue weighted by Gasteiger charge is 2.43. The molecule has 15 heavy (non-hydrogen) atoms. The lowest BCUT2D eigenvalue weighted by Crippen LogP contribution is -2.54. The zero-order chi connectivity index (χ0) is 12.1. The number of nitrogens with two attached hydrogens (primary N) is 2. The summed E-state index contributed by atoms with van der Waals surface area (Å²) in [6, 6.07) is 0. The van der Waals surface area contributed by atoms with Gasteiger partial charge in [-0.05, 0) is 12.8 Å². The molecular weight excluding hydrogens is 210 g/mol. The van der Waals surface area contributed by atoms with Crippen molar-refractivity contribution in [1.82, 2.24) is 5.32 Å². The van der Waals surface area contributed by atoms with Crippen LogP contribution in [0.5, 0.6) is 0 Å². The maximum Gasteiger partial charge on any atom is 0.329 e. The summed E-state index contributed by atoms with van der Waals surface area (Å²) in [4.78, 5) is 10.5. The molecule has 0 aromatic carbocycles. The molecule has 6 nitrogen and oxygen atoms in total. The van der Waals surface area contributed by atoms with Crippen molar-refractivity contribution in [3.8, 4) is 0 Å². The van der Waals surface area contributed by atoms with Gasteiger partial charge in [0.15, 0.2) is 11.5 Å². The smallest absolute Gasteiger partial charge is 0.329 e. The summed E-state index contributed by atoms with van der Waals surface area (Å²) in [6.45, 7) is 0.133. The first-order chi connectivity index (χ1) is 6.80. The van der Waals surface area contributed by atoms with Crippen molar-refractivity contribution in [3.05, 3.63) is 0 Å². The Morgan fingerprint density at radius 1 is 1.60 bits per heavy atom. The highest BCUT2D eigenvalue weighted by Crippen LogP contribution is 2.19. The molecule has 0 aliphatic carbocycles. The van der Waals surface area contributed by atoms with Gasteiger partial charge in [0.05, 0.1) is 0 Å². The maximum absolute atomic E-state index is 12.3. The van der Waals surface area contributed by atoms with Gasteiger partial charge in [-0.1, -0.05) is 0 Å². The summed E-state index contributed by atoms with van der Waals surface area (Å²) in [5.74, 6) is -2.04. The number of carboxylic acid groups (broad SMARTS) is 1. The summed E-state index contributed by atoms with van der Waals surface area (Å²) in [7, 11) is 0. The van der Waals surface area contributed by atoms with Crippen LogP contribution < -0.4 is 16.8 Å². The maximum atomic E-state index is 12.3. The quantitative estimate of drug-likeness (QED) is 0.232. The number of hydrogen-bond acceptors (Lipinski definition) is 3. The van der Waals surface area contributed by atoms with Crippen molar-refractivity contribution in [2.75, 3.05) is 6.54 Å². The zero-order valence-electron chi connectivity index (χ0n) is 7.96. The molecular formula is C7H14F2N4O2. The van der Waals surface area contributed by atoms with Gasteiger partial charge in [0, 0.05) is 6.54 Å². The van der Waals surface area contributed by atoms with Crippen molar-refractivity contribution in [2.24, 2.45) is 11.5 Å². The highest BCUT2D eigenvalue weighted by atomic mass is 19.3. The van der Waals surface area contributed by atoms with E-state index in [9.17, 15) is 13.6 Å². The molecule has 0 rings (SSSR count). The molecule has 88 valence electrons. The largest absolute Gasteiger partial charge is 0.480 e. The molecule has 0 unspecified atom stereocenters. The number of rotatable bonds is 6. The normalized spacial score (nSPS) is 14.7. The molecule has 0 radical (unpaired) electrons. The summed E-state index contributed by atoms with van der Waals surface area (Å²) >= 11 is 0. The molecule has 8 heteroatoms. The van der Waals surface area contributed by atoms with Gasteiger partial charge in [-0.3, -0.25) is 5.41 Å². The van der Waals surface area contributed by atoms with E-state index in [-0.39, 0.29) is 25.3 Å². The van der Waals surface area contributed by atoms with E-state index in [1.54, 1.807) is 0 Å². The highest BCUT2D eigenvalue weighted by molar-refractivity contribution is 5.79. The number of nitrogens with one attached hydrogen (secondary N) is 2. The minimum atomic E-state index is -3.13. The third-order valence-electron chi connectivity index (χ3n) is 1.87.